The molecule has 5 nitrogen and oxygen atoms in total. The molecule has 1 aromatic carbocycles. The van der Waals surface area contributed by atoms with Gasteiger partial charge >= 0.3 is 0 Å². The third kappa shape index (κ3) is 3.64. The maximum Gasteiger partial charge on any atom is 0.252 e. The van der Waals surface area contributed by atoms with Crippen molar-refractivity contribution >= 4 is 38.4 Å². The first-order valence-electron chi connectivity index (χ1n) is 8.46. The van der Waals surface area contributed by atoms with Crippen LogP contribution < -0.4 is 4.90 Å². The van der Waals surface area contributed by atoms with Crippen molar-refractivity contribution in [3.8, 4) is 10.6 Å². The number of aryl methyl sites for hydroxylation is 1. The van der Waals surface area contributed by atoms with E-state index in [9.17, 15) is 12.8 Å². The van der Waals surface area contributed by atoms with E-state index in [4.69, 9.17) is 0 Å². The number of anilines is 1. The van der Waals surface area contributed by atoms with Gasteiger partial charge in [0.25, 0.3) is 10.0 Å². The van der Waals surface area contributed by atoms with Gasteiger partial charge in [0.15, 0.2) is 0 Å². The van der Waals surface area contributed by atoms with Crippen molar-refractivity contribution in [1.82, 2.24) is 9.29 Å². The van der Waals surface area contributed by atoms with Crippen LogP contribution in [0.5, 0.6) is 0 Å². The first-order chi connectivity index (χ1) is 12.9. The summed E-state index contributed by atoms with van der Waals surface area (Å²) in [6, 6.07) is 8.28. The van der Waals surface area contributed by atoms with E-state index in [-0.39, 0.29) is 5.82 Å². The molecule has 0 aliphatic carbocycles. The lowest BCUT2D eigenvalue weighted by Gasteiger charge is -2.35. The number of rotatable bonds is 4. The van der Waals surface area contributed by atoms with Gasteiger partial charge in [0.2, 0.25) is 0 Å². The van der Waals surface area contributed by atoms with Crippen molar-refractivity contribution in [1.29, 1.82) is 0 Å². The number of hydrogen-bond acceptors (Lipinski definition) is 6. The molecule has 0 atom stereocenters. The molecule has 0 N–H and O–H groups in total. The van der Waals surface area contributed by atoms with Crippen LogP contribution in [-0.4, -0.2) is 43.9 Å². The fourth-order valence-corrected chi connectivity index (χ4v) is 6.65. The Hall–Kier alpha value is -1.81. The predicted molar refractivity (Wildman–Crippen MR) is 108 cm³/mol. The van der Waals surface area contributed by atoms with Gasteiger partial charge in [-0.1, -0.05) is 12.1 Å². The maximum atomic E-state index is 14.0. The van der Waals surface area contributed by atoms with Gasteiger partial charge in [-0.3, -0.25) is 0 Å². The highest BCUT2D eigenvalue weighted by atomic mass is 32.2. The number of para-hydroxylation sites is 1. The van der Waals surface area contributed by atoms with Crippen molar-refractivity contribution in [2.45, 2.75) is 11.1 Å². The van der Waals surface area contributed by atoms with Crippen molar-refractivity contribution < 1.29 is 12.8 Å². The minimum absolute atomic E-state index is 0.282. The molecule has 0 spiro atoms. The van der Waals surface area contributed by atoms with E-state index in [1.165, 1.54) is 33.0 Å². The number of thiophene rings is 1. The summed E-state index contributed by atoms with van der Waals surface area (Å²) in [4.78, 5) is 6.30. The lowest BCUT2D eigenvalue weighted by Crippen LogP contribution is -2.48. The van der Waals surface area contributed by atoms with E-state index >= 15 is 0 Å². The highest BCUT2D eigenvalue weighted by molar-refractivity contribution is 7.91. The summed E-state index contributed by atoms with van der Waals surface area (Å²) in [5, 5.41) is 4.61. The zero-order valence-corrected chi connectivity index (χ0v) is 17.1. The van der Waals surface area contributed by atoms with Gasteiger partial charge in [-0.25, -0.2) is 17.8 Å². The minimum Gasteiger partial charge on any atom is -0.367 e. The van der Waals surface area contributed by atoms with Crippen molar-refractivity contribution in [3.05, 3.63) is 52.6 Å². The van der Waals surface area contributed by atoms with Crippen LogP contribution in [0.2, 0.25) is 0 Å². The van der Waals surface area contributed by atoms with Crippen molar-refractivity contribution in [2.24, 2.45) is 0 Å². The summed E-state index contributed by atoms with van der Waals surface area (Å²) in [6.45, 7) is 3.51. The van der Waals surface area contributed by atoms with Gasteiger partial charge in [0.05, 0.1) is 5.69 Å². The topological polar surface area (TPSA) is 53.5 Å². The lowest BCUT2D eigenvalue weighted by atomic mass is 10.2. The monoisotopic (exact) mass is 423 g/mol. The van der Waals surface area contributed by atoms with E-state index in [0.29, 0.717) is 36.1 Å². The summed E-state index contributed by atoms with van der Waals surface area (Å²) < 4.78 is 41.7. The Labute approximate surface area is 165 Å². The van der Waals surface area contributed by atoms with E-state index in [1.54, 1.807) is 24.3 Å². The second-order valence-corrected chi connectivity index (χ2v) is 10.2. The van der Waals surface area contributed by atoms with E-state index < -0.39 is 10.0 Å². The van der Waals surface area contributed by atoms with Gasteiger partial charge in [-0.05, 0) is 25.1 Å². The molecule has 0 amide bonds. The molecule has 2 aromatic heterocycles. The fourth-order valence-electron chi connectivity index (χ4n) is 3.06. The third-order valence-electron chi connectivity index (χ3n) is 4.47. The number of sulfonamides is 1. The van der Waals surface area contributed by atoms with Crippen LogP contribution in [-0.2, 0) is 10.0 Å². The van der Waals surface area contributed by atoms with E-state index in [2.05, 4.69) is 4.98 Å². The van der Waals surface area contributed by atoms with Gasteiger partial charge in [-0.2, -0.15) is 4.31 Å². The summed E-state index contributed by atoms with van der Waals surface area (Å²) >= 11 is 2.72. The number of piperazine rings is 1. The molecular formula is C18H18FN3O2S3. The molecule has 0 unspecified atom stereocenters. The summed E-state index contributed by atoms with van der Waals surface area (Å²) in [7, 11) is -3.55. The normalized spacial score (nSPS) is 16.0. The number of halogens is 1. The van der Waals surface area contributed by atoms with E-state index in [0.717, 1.165) is 16.3 Å². The van der Waals surface area contributed by atoms with Crippen molar-refractivity contribution in [2.75, 3.05) is 31.1 Å². The van der Waals surface area contributed by atoms with Crippen LogP contribution >= 0.6 is 22.7 Å². The minimum atomic E-state index is -3.55. The molecule has 1 fully saturated rings. The van der Waals surface area contributed by atoms with Gasteiger partial charge < -0.3 is 4.90 Å². The molecule has 1 saturated heterocycles. The lowest BCUT2D eigenvalue weighted by molar-refractivity contribution is 0.384. The Kier molecular flexibility index (Phi) is 5.02. The maximum absolute atomic E-state index is 14.0. The van der Waals surface area contributed by atoms with Gasteiger partial charge in [0, 0.05) is 48.2 Å². The number of thiazole rings is 1. The molecule has 3 heterocycles. The molecule has 1 aliphatic heterocycles. The SMILES string of the molecule is Cc1csc(-c2csc(S(=O)(=O)N3CCN(c4ccccc4F)CC3)c2)n1. The summed E-state index contributed by atoms with van der Waals surface area (Å²) in [6.07, 6.45) is 0. The zero-order valence-electron chi connectivity index (χ0n) is 14.6. The summed E-state index contributed by atoms with van der Waals surface area (Å²) in [5.41, 5.74) is 2.28. The molecule has 3 aromatic rings. The second kappa shape index (κ2) is 7.31. The number of aromatic nitrogens is 1. The first-order valence-corrected chi connectivity index (χ1v) is 11.7. The Bertz CT molecular complexity index is 1050. The van der Waals surface area contributed by atoms with Crippen LogP contribution in [0, 0.1) is 12.7 Å². The van der Waals surface area contributed by atoms with Gasteiger partial charge in [-0.15, -0.1) is 22.7 Å². The molecule has 142 valence electrons. The highest BCUT2D eigenvalue weighted by Gasteiger charge is 2.30. The van der Waals surface area contributed by atoms with Crippen LogP contribution in [0.25, 0.3) is 10.6 Å². The fraction of sp³-hybridized carbons (Fsp3) is 0.278. The Balaban J connectivity index is 1.49. The number of nitrogens with zero attached hydrogens (tertiary/aromatic N) is 3. The van der Waals surface area contributed by atoms with E-state index in [1.807, 2.05) is 22.6 Å². The van der Waals surface area contributed by atoms with Crippen LogP contribution in [0.1, 0.15) is 5.69 Å². The zero-order chi connectivity index (χ0) is 19.0. The van der Waals surface area contributed by atoms with Crippen LogP contribution in [0.3, 0.4) is 0 Å². The van der Waals surface area contributed by atoms with Gasteiger partial charge in [0.1, 0.15) is 15.0 Å². The molecule has 27 heavy (non-hydrogen) atoms. The molecule has 0 saturated carbocycles. The summed E-state index contributed by atoms with van der Waals surface area (Å²) in [5.74, 6) is -0.282. The predicted octanol–water partition coefficient (Wildman–Crippen LogP) is 3.83. The number of hydrogen-bond donors (Lipinski definition) is 0. The molecule has 0 radical (unpaired) electrons. The Morgan fingerprint density at radius 1 is 1.07 bits per heavy atom. The molecule has 9 heteroatoms. The second-order valence-electron chi connectivity index (χ2n) is 6.29. The molecule has 1 aliphatic rings. The standard InChI is InChI=1S/C18H18FN3O2S3/c1-13-11-26-18(20-13)14-10-17(25-12-14)27(23,24)22-8-6-21(7-9-22)16-5-3-2-4-15(16)19/h2-5,10-12H,6-9H2,1H3. The van der Waals surface area contributed by atoms with Crippen molar-refractivity contribution in [3.63, 3.8) is 0 Å². The quantitative estimate of drug-likeness (QED) is 0.640. The average molecular weight is 424 g/mol. The Morgan fingerprint density at radius 2 is 1.81 bits per heavy atom. The smallest absolute Gasteiger partial charge is 0.252 e. The molecule has 4 rings (SSSR count). The first kappa shape index (κ1) is 18.5. The van der Waals surface area contributed by atoms with Crippen LogP contribution in [0.15, 0.2) is 45.3 Å². The molecular weight excluding hydrogens is 405 g/mol. The highest BCUT2D eigenvalue weighted by Crippen LogP contribution is 2.32. The third-order valence-corrected chi connectivity index (χ3v) is 8.79. The molecule has 0 bridgehead atoms. The number of benzene rings is 1. The Morgan fingerprint density at radius 3 is 2.48 bits per heavy atom. The largest absolute Gasteiger partial charge is 0.367 e. The van der Waals surface area contributed by atoms with Crippen LogP contribution in [0.4, 0.5) is 10.1 Å². The average Bonchev–Trinajstić information content (AvgIpc) is 3.32.